The molecular formula is C17H17ClN4O2S3. The van der Waals surface area contributed by atoms with E-state index in [2.05, 4.69) is 15.5 Å². The van der Waals surface area contributed by atoms with Crippen LogP contribution in [0.2, 0.25) is 4.34 Å². The number of rotatable bonds is 8. The van der Waals surface area contributed by atoms with E-state index in [0.29, 0.717) is 17.4 Å². The van der Waals surface area contributed by atoms with Crippen molar-refractivity contribution < 1.29 is 9.53 Å². The summed E-state index contributed by atoms with van der Waals surface area (Å²) in [5, 5.41) is 12.1. The second-order valence-corrected chi connectivity index (χ2v) is 9.47. The van der Waals surface area contributed by atoms with Crippen LogP contribution in [-0.4, -0.2) is 40.9 Å². The minimum absolute atomic E-state index is 0.0318. The summed E-state index contributed by atoms with van der Waals surface area (Å²) in [6.45, 7) is 0.553. The van der Waals surface area contributed by atoms with Gasteiger partial charge in [-0.15, -0.1) is 21.5 Å². The third-order valence-electron chi connectivity index (χ3n) is 3.51. The molecule has 0 atom stereocenters. The third-order valence-corrected chi connectivity index (χ3v) is 6.69. The van der Waals surface area contributed by atoms with E-state index in [9.17, 15) is 4.79 Å². The number of hydrogen-bond donors (Lipinski definition) is 1. The first-order valence-corrected chi connectivity index (χ1v) is 10.9. The first-order chi connectivity index (χ1) is 13.0. The van der Waals surface area contributed by atoms with Crippen LogP contribution >= 0.6 is 46.0 Å². The Morgan fingerprint density at radius 3 is 2.67 bits per heavy atom. The number of nitrogens with one attached hydrogen (secondary N) is 1. The van der Waals surface area contributed by atoms with E-state index in [4.69, 9.17) is 16.3 Å². The number of benzene rings is 1. The van der Waals surface area contributed by atoms with E-state index in [1.165, 1.54) is 34.4 Å². The van der Waals surface area contributed by atoms with Crippen molar-refractivity contribution in [3.05, 3.63) is 45.6 Å². The van der Waals surface area contributed by atoms with Gasteiger partial charge in [0, 0.05) is 17.6 Å². The molecule has 3 aromatic rings. The fourth-order valence-corrected chi connectivity index (χ4v) is 4.96. The van der Waals surface area contributed by atoms with Crippen LogP contribution in [0.3, 0.4) is 0 Å². The highest BCUT2D eigenvalue weighted by Gasteiger charge is 2.13. The number of thioether (sulfide) groups is 1. The molecule has 0 saturated carbocycles. The number of amides is 1. The summed E-state index contributed by atoms with van der Waals surface area (Å²) in [6, 6.07) is 11.3. The Balaban J connectivity index is 1.48. The van der Waals surface area contributed by atoms with Gasteiger partial charge in [0.05, 0.1) is 23.7 Å². The zero-order valence-corrected chi connectivity index (χ0v) is 17.8. The molecule has 0 aliphatic carbocycles. The lowest BCUT2D eigenvalue weighted by molar-refractivity contribution is -0.127. The second-order valence-electron chi connectivity index (χ2n) is 5.47. The molecule has 3 rings (SSSR count). The zero-order chi connectivity index (χ0) is 19.2. The van der Waals surface area contributed by atoms with Crippen molar-refractivity contribution in [2.75, 3.05) is 25.2 Å². The van der Waals surface area contributed by atoms with Gasteiger partial charge < -0.3 is 15.0 Å². The van der Waals surface area contributed by atoms with Gasteiger partial charge in [-0.3, -0.25) is 4.79 Å². The zero-order valence-electron chi connectivity index (χ0n) is 14.6. The molecule has 0 unspecified atom stereocenters. The normalized spacial score (nSPS) is 10.6. The predicted molar refractivity (Wildman–Crippen MR) is 113 cm³/mol. The van der Waals surface area contributed by atoms with Crippen molar-refractivity contribution in [2.24, 2.45) is 0 Å². The summed E-state index contributed by atoms with van der Waals surface area (Å²) >= 11 is 10.2. The fourth-order valence-electron chi connectivity index (χ4n) is 2.11. The average molecular weight is 441 g/mol. The molecule has 1 N–H and O–H groups in total. The summed E-state index contributed by atoms with van der Waals surface area (Å²) in [4.78, 5) is 15.0. The minimum atomic E-state index is 0.0318. The predicted octanol–water partition coefficient (Wildman–Crippen LogP) is 4.76. The number of halogens is 1. The Hall–Kier alpha value is -1.81. The Labute approximate surface area is 174 Å². The Morgan fingerprint density at radius 1 is 1.22 bits per heavy atom. The number of nitrogens with zero attached hydrogens (tertiary/aromatic N) is 3. The molecule has 0 fully saturated rings. The first-order valence-electron chi connectivity index (χ1n) is 7.89. The molecule has 0 bridgehead atoms. The summed E-state index contributed by atoms with van der Waals surface area (Å²) in [5.74, 6) is 1.14. The molecule has 6 nitrogen and oxygen atoms in total. The molecule has 0 spiro atoms. The second kappa shape index (κ2) is 9.41. The van der Waals surface area contributed by atoms with Crippen LogP contribution < -0.4 is 10.1 Å². The van der Waals surface area contributed by atoms with Gasteiger partial charge in [0.25, 0.3) is 0 Å². The first kappa shape index (κ1) is 19.9. The number of anilines is 2. The largest absolute Gasteiger partial charge is 0.497 e. The quantitative estimate of drug-likeness (QED) is 0.509. The van der Waals surface area contributed by atoms with Gasteiger partial charge in [0.2, 0.25) is 11.0 Å². The van der Waals surface area contributed by atoms with Crippen LogP contribution in [-0.2, 0) is 11.3 Å². The van der Waals surface area contributed by atoms with Crippen molar-refractivity contribution in [1.29, 1.82) is 0 Å². The third kappa shape index (κ3) is 5.83. The van der Waals surface area contributed by atoms with Gasteiger partial charge in [0.15, 0.2) is 4.34 Å². The van der Waals surface area contributed by atoms with Gasteiger partial charge in [-0.05, 0) is 36.4 Å². The van der Waals surface area contributed by atoms with Crippen molar-refractivity contribution in [3.8, 4) is 5.75 Å². The number of carbonyl (C=O) groups excluding carboxylic acids is 1. The van der Waals surface area contributed by atoms with E-state index in [-0.39, 0.29) is 5.91 Å². The van der Waals surface area contributed by atoms with E-state index in [0.717, 1.165) is 25.0 Å². The van der Waals surface area contributed by atoms with Crippen LogP contribution in [0.25, 0.3) is 0 Å². The maximum Gasteiger partial charge on any atom is 0.233 e. The maximum atomic E-state index is 12.3. The molecule has 142 valence electrons. The van der Waals surface area contributed by atoms with Gasteiger partial charge in [-0.2, -0.15) is 0 Å². The highest BCUT2D eigenvalue weighted by atomic mass is 35.5. The lowest BCUT2D eigenvalue weighted by Crippen LogP contribution is -2.27. The number of thiophene rings is 1. The molecule has 10 heteroatoms. The van der Waals surface area contributed by atoms with Crippen LogP contribution in [0.15, 0.2) is 40.7 Å². The molecule has 0 saturated heterocycles. The van der Waals surface area contributed by atoms with Crippen molar-refractivity contribution in [3.63, 3.8) is 0 Å². The number of methoxy groups -OCH3 is 1. The van der Waals surface area contributed by atoms with Gasteiger partial charge in [-0.1, -0.05) is 34.7 Å². The number of hydrogen-bond acceptors (Lipinski definition) is 8. The smallest absolute Gasteiger partial charge is 0.233 e. The van der Waals surface area contributed by atoms with Crippen LogP contribution in [0.5, 0.6) is 5.75 Å². The van der Waals surface area contributed by atoms with Crippen LogP contribution in [0, 0.1) is 0 Å². The average Bonchev–Trinajstić information content (AvgIpc) is 3.29. The Morgan fingerprint density at radius 2 is 2.00 bits per heavy atom. The maximum absolute atomic E-state index is 12.3. The standard InChI is InChI=1S/C17H17ClN4O2S3/c1-22(9-13-7-8-14(18)26-13)15(23)10-25-17-21-20-16(27-17)19-11-3-5-12(24-2)6-4-11/h3-8H,9-10H2,1-2H3,(H,19,20). The summed E-state index contributed by atoms with van der Waals surface area (Å²) in [7, 11) is 3.41. The molecule has 1 amide bonds. The van der Waals surface area contributed by atoms with E-state index in [1.807, 2.05) is 36.4 Å². The minimum Gasteiger partial charge on any atom is -0.497 e. The fraction of sp³-hybridized carbons (Fsp3) is 0.235. The van der Waals surface area contributed by atoms with Gasteiger partial charge >= 0.3 is 0 Å². The molecule has 1 aromatic carbocycles. The number of ether oxygens (including phenoxy) is 1. The van der Waals surface area contributed by atoms with Gasteiger partial charge in [-0.25, -0.2) is 0 Å². The molecule has 2 heterocycles. The summed E-state index contributed by atoms with van der Waals surface area (Å²) < 4.78 is 6.61. The highest BCUT2D eigenvalue weighted by Crippen LogP contribution is 2.28. The molecule has 27 heavy (non-hydrogen) atoms. The van der Waals surface area contributed by atoms with E-state index >= 15 is 0 Å². The Bertz CT molecular complexity index is 898. The molecule has 2 aromatic heterocycles. The summed E-state index contributed by atoms with van der Waals surface area (Å²) in [5.41, 5.74) is 0.897. The lowest BCUT2D eigenvalue weighted by atomic mass is 10.3. The van der Waals surface area contributed by atoms with Crippen molar-refractivity contribution >= 4 is 62.8 Å². The van der Waals surface area contributed by atoms with E-state index in [1.54, 1.807) is 19.1 Å². The van der Waals surface area contributed by atoms with Gasteiger partial charge in [0.1, 0.15) is 5.75 Å². The van der Waals surface area contributed by atoms with E-state index < -0.39 is 0 Å². The summed E-state index contributed by atoms with van der Waals surface area (Å²) in [6.07, 6.45) is 0. The van der Waals surface area contributed by atoms with Crippen molar-refractivity contribution in [1.82, 2.24) is 15.1 Å². The van der Waals surface area contributed by atoms with Crippen LogP contribution in [0.1, 0.15) is 4.88 Å². The number of carbonyl (C=O) groups is 1. The monoisotopic (exact) mass is 440 g/mol. The topological polar surface area (TPSA) is 67.3 Å². The van der Waals surface area contributed by atoms with Crippen molar-refractivity contribution in [2.45, 2.75) is 10.9 Å². The lowest BCUT2D eigenvalue weighted by Gasteiger charge is -2.15. The SMILES string of the molecule is COc1ccc(Nc2nnc(SCC(=O)N(C)Cc3ccc(Cl)s3)s2)cc1. The van der Waals surface area contributed by atoms with Crippen LogP contribution in [0.4, 0.5) is 10.8 Å². The highest BCUT2D eigenvalue weighted by molar-refractivity contribution is 8.01. The number of aromatic nitrogens is 2. The molecule has 0 aliphatic rings. The molecule has 0 radical (unpaired) electrons. The molecular weight excluding hydrogens is 424 g/mol. The Kier molecular flexibility index (Phi) is 6.95. The molecule has 0 aliphatic heterocycles.